The molecule has 1 fully saturated rings. The zero-order valence-electron chi connectivity index (χ0n) is 21.2. The van der Waals surface area contributed by atoms with Crippen molar-refractivity contribution in [2.75, 3.05) is 24.1 Å². The van der Waals surface area contributed by atoms with E-state index in [4.69, 9.17) is 15.5 Å². The molecule has 3 N–H and O–H groups in total. The molecule has 2 aromatic heterocycles. The van der Waals surface area contributed by atoms with E-state index >= 15 is 0 Å². The average Bonchev–Trinajstić information content (AvgIpc) is 3.18. The molecule has 1 aliphatic heterocycles. The molecule has 1 aliphatic carbocycles. The summed E-state index contributed by atoms with van der Waals surface area (Å²) >= 11 is 1.32. The van der Waals surface area contributed by atoms with Gasteiger partial charge in [-0.25, -0.2) is 14.6 Å². The maximum Gasteiger partial charge on any atom is 0.350 e. The predicted molar refractivity (Wildman–Crippen MR) is 144 cm³/mol. The maximum atomic E-state index is 13.1. The Hall–Kier alpha value is -3.13. The molecule has 1 saturated heterocycles. The molecular formula is C28H34N4O3S. The van der Waals surface area contributed by atoms with Gasteiger partial charge in [0, 0.05) is 42.7 Å². The highest BCUT2D eigenvalue weighted by Gasteiger charge is 2.31. The summed E-state index contributed by atoms with van der Waals surface area (Å²) in [5, 5.41) is 3.76. The van der Waals surface area contributed by atoms with Crippen LogP contribution < -0.4 is 11.1 Å². The zero-order chi connectivity index (χ0) is 25.4. The standard InChI is InChI=1S/C28H34N4O3S/c1-28(2,3)18-9-10-22-17(15-18)16-21-23(29)24(36-25(21)31-22)26(33)35-20-11-13-32(14-12-20)27(34)30-19-7-5-4-6-8-19/h4-8,16,18,20H,9-15,29H2,1-3H3,(H,30,34)/t18-/m1/s1. The lowest BCUT2D eigenvalue weighted by Crippen LogP contribution is -2.43. The Morgan fingerprint density at radius 1 is 1.14 bits per heavy atom. The minimum Gasteiger partial charge on any atom is -0.458 e. The van der Waals surface area contributed by atoms with Crippen molar-refractivity contribution in [3.63, 3.8) is 0 Å². The number of hydrogen-bond acceptors (Lipinski definition) is 6. The number of benzene rings is 1. The molecule has 0 saturated carbocycles. The van der Waals surface area contributed by atoms with Crippen LogP contribution in [0.3, 0.4) is 0 Å². The van der Waals surface area contributed by atoms with Gasteiger partial charge in [0.15, 0.2) is 0 Å². The number of rotatable bonds is 3. The number of esters is 1. The average molecular weight is 507 g/mol. The highest BCUT2D eigenvalue weighted by atomic mass is 32.1. The van der Waals surface area contributed by atoms with E-state index in [9.17, 15) is 9.59 Å². The Kier molecular flexibility index (Phi) is 6.64. The van der Waals surface area contributed by atoms with E-state index < -0.39 is 5.97 Å². The molecule has 0 bridgehead atoms. The van der Waals surface area contributed by atoms with Gasteiger partial charge in [-0.3, -0.25) is 0 Å². The number of hydrogen-bond donors (Lipinski definition) is 2. The quantitative estimate of drug-likeness (QED) is 0.432. The van der Waals surface area contributed by atoms with Crippen LogP contribution in [0.2, 0.25) is 0 Å². The molecule has 3 heterocycles. The summed E-state index contributed by atoms with van der Waals surface area (Å²) in [7, 11) is 0. The van der Waals surface area contributed by atoms with E-state index in [0.717, 1.165) is 40.9 Å². The van der Waals surface area contributed by atoms with E-state index in [1.807, 2.05) is 30.3 Å². The van der Waals surface area contributed by atoms with Crippen LogP contribution in [0.5, 0.6) is 0 Å². The third-order valence-corrected chi connectivity index (χ3v) is 8.62. The van der Waals surface area contributed by atoms with Crippen LogP contribution in [0.25, 0.3) is 10.2 Å². The number of ether oxygens (including phenoxy) is 1. The van der Waals surface area contributed by atoms with Gasteiger partial charge < -0.3 is 20.7 Å². The fraction of sp³-hybridized carbons (Fsp3) is 0.464. The van der Waals surface area contributed by atoms with Crippen molar-refractivity contribution in [2.45, 2.75) is 59.0 Å². The summed E-state index contributed by atoms with van der Waals surface area (Å²) in [5.41, 5.74) is 10.3. The van der Waals surface area contributed by atoms with Crippen LogP contribution in [-0.2, 0) is 17.6 Å². The smallest absolute Gasteiger partial charge is 0.350 e. The molecule has 0 unspecified atom stereocenters. The third kappa shape index (κ3) is 5.05. The lowest BCUT2D eigenvalue weighted by molar-refractivity contribution is 0.0164. The van der Waals surface area contributed by atoms with E-state index in [1.54, 1.807) is 4.90 Å². The first-order valence-corrected chi connectivity index (χ1v) is 13.5. The van der Waals surface area contributed by atoms with Gasteiger partial charge in [-0.1, -0.05) is 39.0 Å². The molecular weight excluding hydrogens is 472 g/mol. The van der Waals surface area contributed by atoms with Gasteiger partial charge in [-0.05, 0) is 54.4 Å². The minimum absolute atomic E-state index is 0.136. The molecule has 0 spiro atoms. The van der Waals surface area contributed by atoms with Crippen LogP contribution in [0, 0.1) is 11.3 Å². The molecule has 7 nitrogen and oxygen atoms in total. The Balaban J connectivity index is 1.22. The second-order valence-corrected chi connectivity index (χ2v) is 12.0. The molecule has 5 rings (SSSR count). The number of nitrogen functional groups attached to an aromatic ring is 1. The number of piperidine rings is 1. The van der Waals surface area contributed by atoms with Gasteiger partial charge in [-0.15, -0.1) is 11.3 Å². The summed E-state index contributed by atoms with van der Waals surface area (Å²) in [6.45, 7) is 7.94. The molecule has 36 heavy (non-hydrogen) atoms. The van der Waals surface area contributed by atoms with Gasteiger partial charge in [0.2, 0.25) is 0 Å². The molecule has 1 aromatic carbocycles. The number of carbonyl (C=O) groups excluding carboxylic acids is 2. The van der Waals surface area contributed by atoms with E-state index in [2.05, 4.69) is 32.2 Å². The van der Waals surface area contributed by atoms with Crippen molar-refractivity contribution in [3.05, 3.63) is 52.5 Å². The fourth-order valence-electron chi connectivity index (χ4n) is 5.19. The van der Waals surface area contributed by atoms with Crippen molar-refractivity contribution in [3.8, 4) is 0 Å². The van der Waals surface area contributed by atoms with Crippen molar-refractivity contribution in [2.24, 2.45) is 11.3 Å². The van der Waals surface area contributed by atoms with Crippen LogP contribution in [0.1, 0.15) is 61.0 Å². The van der Waals surface area contributed by atoms with E-state index in [-0.39, 0.29) is 17.6 Å². The lowest BCUT2D eigenvalue weighted by atomic mass is 9.71. The van der Waals surface area contributed by atoms with Crippen molar-refractivity contribution in [1.82, 2.24) is 9.88 Å². The number of nitrogens with two attached hydrogens (primary N) is 1. The van der Waals surface area contributed by atoms with Crippen LogP contribution in [-0.4, -0.2) is 41.1 Å². The fourth-order valence-corrected chi connectivity index (χ4v) is 6.17. The number of anilines is 2. The molecule has 3 aromatic rings. The molecule has 8 heteroatoms. The molecule has 1 atom stereocenters. The molecule has 0 radical (unpaired) electrons. The topological polar surface area (TPSA) is 97.5 Å². The SMILES string of the molecule is CC(C)(C)[C@@H]1CCc2nc3sc(C(=O)OC4CCN(C(=O)Nc5ccccc5)CC4)c(N)c3cc2C1. The van der Waals surface area contributed by atoms with Crippen LogP contribution >= 0.6 is 11.3 Å². The number of nitrogens with zero attached hydrogens (tertiary/aromatic N) is 2. The highest BCUT2D eigenvalue weighted by Crippen LogP contribution is 2.40. The first-order chi connectivity index (χ1) is 17.2. The Morgan fingerprint density at radius 3 is 2.56 bits per heavy atom. The van der Waals surface area contributed by atoms with Gasteiger partial charge in [-0.2, -0.15) is 0 Å². The van der Waals surface area contributed by atoms with Gasteiger partial charge in [0.25, 0.3) is 0 Å². The van der Waals surface area contributed by atoms with Crippen molar-refractivity contribution >= 4 is 44.9 Å². The number of likely N-dealkylation sites (tertiary alicyclic amines) is 1. The Bertz CT molecular complexity index is 1270. The first kappa shape index (κ1) is 24.6. The number of carbonyl (C=O) groups is 2. The molecule has 2 aliphatic rings. The van der Waals surface area contributed by atoms with Gasteiger partial charge >= 0.3 is 12.0 Å². The number of urea groups is 1. The maximum absolute atomic E-state index is 13.1. The summed E-state index contributed by atoms with van der Waals surface area (Å²) in [5.74, 6) is 0.211. The third-order valence-electron chi connectivity index (χ3n) is 7.52. The highest BCUT2D eigenvalue weighted by molar-refractivity contribution is 7.21. The molecule has 2 amide bonds. The Morgan fingerprint density at radius 2 is 1.86 bits per heavy atom. The summed E-state index contributed by atoms with van der Waals surface area (Å²) in [4.78, 5) is 33.5. The summed E-state index contributed by atoms with van der Waals surface area (Å²) in [6.07, 6.45) is 4.04. The second-order valence-electron chi connectivity index (χ2n) is 11.0. The predicted octanol–water partition coefficient (Wildman–Crippen LogP) is 5.88. The lowest BCUT2D eigenvalue weighted by Gasteiger charge is -2.34. The van der Waals surface area contributed by atoms with Crippen LogP contribution in [0.4, 0.5) is 16.2 Å². The number of amides is 2. The number of para-hydroxylation sites is 1. The van der Waals surface area contributed by atoms with Crippen molar-refractivity contribution in [1.29, 1.82) is 0 Å². The normalized spacial score (nSPS) is 18.6. The molecule has 190 valence electrons. The number of pyridine rings is 1. The van der Waals surface area contributed by atoms with E-state index in [0.29, 0.717) is 42.4 Å². The summed E-state index contributed by atoms with van der Waals surface area (Å²) < 4.78 is 5.83. The largest absolute Gasteiger partial charge is 0.458 e. The zero-order valence-corrected chi connectivity index (χ0v) is 22.0. The minimum atomic E-state index is -0.395. The monoisotopic (exact) mass is 506 g/mol. The first-order valence-electron chi connectivity index (χ1n) is 12.7. The van der Waals surface area contributed by atoms with Gasteiger partial charge in [0.1, 0.15) is 15.8 Å². The number of thiophene rings is 1. The number of aromatic nitrogens is 1. The van der Waals surface area contributed by atoms with Gasteiger partial charge in [0.05, 0.1) is 5.69 Å². The number of nitrogens with one attached hydrogen (secondary N) is 1. The summed E-state index contributed by atoms with van der Waals surface area (Å²) in [6, 6.07) is 11.4. The number of fused-ring (bicyclic) bond motifs is 2. The van der Waals surface area contributed by atoms with Crippen molar-refractivity contribution < 1.29 is 14.3 Å². The second kappa shape index (κ2) is 9.73. The Labute approximate surface area is 216 Å². The van der Waals surface area contributed by atoms with Crippen LogP contribution in [0.15, 0.2) is 36.4 Å². The van der Waals surface area contributed by atoms with E-state index in [1.165, 1.54) is 16.9 Å². The number of aryl methyl sites for hydroxylation is 1.